The van der Waals surface area contributed by atoms with Gasteiger partial charge in [0.2, 0.25) is 0 Å². The van der Waals surface area contributed by atoms with Gasteiger partial charge < -0.3 is 0 Å². The number of nitriles is 3. The minimum Gasteiger partial charge on any atom is -0.289 e. The van der Waals surface area contributed by atoms with Crippen molar-refractivity contribution in [3.63, 3.8) is 0 Å². The molecule has 460 valence electrons. The zero-order valence-electron chi connectivity index (χ0n) is 52.8. The number of rotatable bonds is 8. The van der Waals surface area contributed by atoms with Gasteiger partial charge in [-0.2, -0.15) is 10.5 Å². The fraction of sp³-hybridized carbons (Fsp3) is 0.0698. The molecule has 0 fully saturated rings. The van der Waals surface area contributed by atoms with Crippen molar-refractivity contribution in [3.05, 3.63) is 339 Å². The van der Waals surface area contributed by atoms with Crippen molar-refractivity contribution < 1.29 is 9.59 Å². The summed E-state index contributed by atoms with van der Waals surface area (Å²) in [5, 5.41) is 31.4. The van der Waals surface area contributed by atoms with Crippen molar-refractivity contribution in [1.29, 1.82) is 15.8 Å². The third-order valence-corrected chi connectivity index (χ3v) is 27.4. The molecule has 4 aliphatic carbocycles. The highest BCUT2D eigenvalue weighted by Crippen LogP contribution is 2.68. The number of hydrogen-bond donors (Lipinski definition) is 0. The van der Waals surface area contributed by atoms with Crippen LogP contribution < -0.4 is 0 Å². The number of hydrogen-bond acceptors (Lipinski definition) is 11. The molecule has 4 aliphatic rings. The highest BCUT2D eigenvalue weighted by molar-refractivity contribution is 7.41. The van der Waals surface area contributed by atoms with E-state index in [4.69, 9.17) is 6.57 Å². The van der Waals surface area contributed by atoms with Crippen molar-refractivity contribution in [2.24, 2.45) is 0 Å². The molecule has 0 bridgehead atoms. The molecule has 6 nitrogen and oxygen atoms in total. The Balaban J connectivity index is 0.837. The summed E-state index contributed by atoms with van der Waals surface area (Å²) < 4.78 is 6.20. The van der Waals surface area contributed by atoms with E-state index in [1.54, 1.807) is 34.8 Å². The van der Waals surface area contributed by atoms with Gasteiger partial charge in [0, 0.05) is 82.5 Å². The Kier molecular flexibility index (Phi) is 13.5. The Hall–Kier alpha value is -11.0. The summed E-state index contributed by atoms with van der Waals surface area (Å²) in [6.07, 6.45) is 3.69. The Labute approximate surface area is 589 Å². The maximum absolute atomic E-state index is 14.0. The van der Waals surface area contributed by atoms with Crippen molar-refractivity contribution in [2.45, 2.75) is 38.5 Å². The van der Waals surface area contributed by atoms with Crippen LogP contribution >= 0.6 is 68.0 Å². The molecule has 12 heteroatoms. The molecule has 98 heavy (non-hydrogen) atoms. The topological polar surface area (TPSA) is 110 Å². The lowest BCUT2D eigenvalue weighted by molar-refractivity contribution is 0.103. The predicted octanol–water partition coefficient (Wildman–Crippen LogP) is 23.3. The largest absolute Gasteiger partial charge is 0.289 e. The quantitative estimate of drug-likeness (QED) is 0.0855. The number of thiophene rings is 6. The summed E-state index contributed by atoms with van der Waals surface area (Å²) in [6.45, 7) is 16.5. The lowest BCUT2D eigenvalue weighted by atomic mass is 9.65. The third-order valence-electron chi connectivity index (χ3n) is 20.0. The second kappa shape index (κ2) is 22.3. The Morgan fingerprint density at radius 3 is 1.42 bits per heavy atom. The van der Waals surface area contributed by atoms with Gasteiger partial charge >= 0.3 is 0 Å². The van der Waals surface area contributed by atoms with E-state index in [0.717, 1.165) is 29.9 Å². The van der Waals surface area contributed by atoms with Gasteiger partial charge in [-0.3, -0.25) is 9.59 Å². The van der Waals surface area contributed by atoms with Gasteiger partial charge in [-0.25, -0.2) is 10.1 Å². The Morgan fingerprint density at radius 2 is 0.898 bits per heavy atom. The standard InChI is InChI=1S/C86H48N4O2S6/c1-45-14-23-51(24-15-45)85(52-25-16-46(2)17-26-52)66-40-63-67(39-62(66)80-76(85)61-33-22-49(36-71(61)95-80)69-34-31-55(93-69)38-65-75(68(44-89)90-5)58-11-7-9-13-60(58)79(65)92)86(53-27-18-47(3)19-28-53,54-29-20-48(4)21-30-54)77-81(63)98-84-82-73(97-83(77)84)41-72(96-82)70-35-32-56(94-70)37-64-74(50(42-87)43-88)57-10-6-8-12-59(57)78(64)91/h6-41H,1-4H3/b64-37-,65-38-,75-68+. The number of ketones is 2. The number of benzene rings is 8. The number of fused-ring (bicyclic) bond motifs is 14. The molecule has 0 saturated heterocycles. The van der Waals surface area contributed by atoms with E-state index in [2.05, 4.69) is 196 Å². The van der Waals surface area contributed by atoms with Crippen LogP contribution in [0.5, 0.6) is 0 Å². The lowest BCUT2D eigenvalue weighted by Crippen LogP contribution is -2.30. The molecule has 0 amide bonds. The van der Waals surface area contributed by atoms with Gasteiger partial charge in [-0.05, 0) is 161 Å². The number of carbonyl (C=O) groups is 2. The van der Waals surface area contributed by atoms with E-state index in [1.807, 2.05) is 106 Å². The van der Waals surface area contributed by atoms with Crippen LogP contribution in [0.25, 0.3) is 98.1 Å². The molecule has 14 aromatic rings. The maximum Gasteiger partial charge on any atom is 0.270 e. The van der Waals surface area contributed by atoms with Crippen molar-refractivity contribution in [3.8, 4) is 59.3 Å². The molecule has 8 aromatic carbocycles. The molecular formula is C86H48N4O2S6. The molecule has 18 rings (SSSR count). The van der Waals surface area contributed by atoms with Gasteiger partial charge in [0.15, 0.2) is 11.6 Å². The van der Waals surface area contributed by atoms with E-state index in [0.29, 0.717) is 44.5 Å². The SMILES string of the molecule is [C-]#[N+]/C(C#N)=C1/C(=C/c2ccc(-c3ccc4c5c(sc4c3)-c3cc4c(cc3C5(c3ccc(C)cc3)c3ccc(C)cc3)-c3sc5c(sc6cc(-c7ccc(/C=C8\C(=O)c9ccccc9C8=C(C#N)C#N)s7)sc65)c3C4(c3ccc(C)cc3)c3ccc(C)cc3)s2)C(=O)c2ccccc21. The van der Waals surface area contributed by atoms with Gasteiger partial charge in [0.1, 0.15) is 17.7 Å². The first-order chi connectivity index (χ1) is 47.8. The summed E-state index contributed by atoms with van der Waals surface area (Å²) in [6, 6.07) is 80.3. The first-order valence-electron chi connectivity index (χ1n) is 31.9. The highest BCUT2D eigenvalue weighted by atomic mass is 32.1. The van der Waals surface area contributed by atoms with Gasteiger partial charge in [0.25, 0.3) is 5.70 Å². The maximum atomic E-state index is 14.0. The second-order valence-electron chi connectivity index (χ2n) is 25.5. The van der Waals surface area contributed by atoms with Crippen LogP contribution in [0, 0.1) is 68.3 Å². The van der Waals surface area contributed by atoms with Crippen LogP contribution in [-0.2, 0) is 10.8 Å². The predicted molar refractivity (Wildman–Crippen MR) is 405 cm³/mol. The number of aryl methyl sites for hydroxylation is 4. The van der Waals surface area contributed by atoms with Gasteiger partial charge in [0.05, 0.1) is 37.6 Å². The van der Waals surface area contributed by atoms with Gasteiger partial charge in [-0.15, -0.1) is 68.0 Å². The smallest absolute Gasteiger partial charge is 0.270 e. The zero-order valence-corrected chi connectivity index (χ0v) is 57.7. The van der Waals surface area contributed by atoms with Gasteiger partial charge in [-0.1, -0.05) is 180 Å². The number of Topliss-reactive ketones (excluding diaryl/α,β-unsaturated/α-hetero) is 2. The summed E-state index contributed by atoms with van der Waals surface area (Å²) in [7, 11) is 0. The Bertz CT molecular complexity index is 6110. The number of allylic oxidation sites excluding steroid dienone is 6. The van der Waals surface area contributed by atoms with Crippen LogP contribution in [0.3, 0.4) is 0 Å². The number of nitrogens with zero attached hydrogens (tertiary/aromatic N) is 4. The van der Waals surface area contributed by atoms with E-state index >= 15 is 0 Å². The molecule has 0 aliphatic heterocycles. The fourth-order valence-corrected chi connectivity index (χ4v) is 23.3. The van der Waals surface area contributed by atoms with E-state index < -0.39 is 10.8 Å². The molecule has 0 radical (unpaired) electrons. The number of carbonyl (C=O) groups excluding carboxylic acids is 2. The van der Waals surface area contributed by atoms with E-state index in [1.165, 1.54) is 117 Å². The fourth-order valence-electron chi connectivity index (χ4n) is 15.6. The van der Waals surface area contributed by atoms with Crippen molar-refractivity contribution >= 4 is 132 Å². The molecule has 0 unspecified atom stereocenters. The summed E-state index contributed by atoms with van der Waals surface area (Å²) >= 11 is 10.7. The van der Waals surface area contributed by atoms with Crippen molar-refractivity contribution in [1.82, 2.24) is 0 Å². The third kappa shape index (κ3) is 8.48. The molecule has 6 aromatic heterocycles. The van der Waals surface area contributed by atoms with Crippen LogP contribution in [0.1, 0.15) is 108 Å². The molecule has 0 spiro atoms. The normalized spacial score (nSPS) is 15.7. The summed E-state index contributed by atoms with van der Waals surface area (Å²) in [5.41, 5.74) is 20.3. The molecule has 0 saturated carbocycles. The molecular weight excluding hydrogens is 1310 g/mol. The monoisotopic (exact) mass is 1360 g/mol. The second-order valence-corrected chi connectivity index (χ2v) is 31.9. The molecule has 0 atom stereocenters. The van der Waals surface area contributed by atoms with Crippen LogP contribution in [0.15, 0.2) is 229 Å². The molecule has 6 heterocycles. The average Bonchev–Trinajstić information content (AvgIpc) is 1.50. The zero-order chi connectivity index (χ0) is 66.6. The minimum atomic E-state index is -0.743. The van der Waals surface area contributed by atoms with Crippen LogP contribution in [0.4, 0.5) is 0 Å². The van der Waals surface area contributed by atoms with Crippen molar-refractivity contribution in [2.75, 3.05) is 0 Å². The van der Waals surface area contributed by atoms with Crippen LogP contribution in [0.2, 0.25) is 0 Å². The summed E-state index contributed by atoms with van der Waals surface area (Å²) in [4.78, 5) is 39.0. The summed E-state index contributed by atoms with van der Waals surface area (Å²) in [5.74, 6) is -0.379. The van der Waals surface area contributed by atoms with Crippen LogP contribution in [-0.4, -0.2) is 11.6 Å². The van der Waals surface area contributed by atoms with E-state index in [-0.39, 0.29) is 22.8 Å². The lowest BCUT2D eigenvalue weighted by Gasteiger charge is -2.36. The average molecular weight is 1360 g/mol. The highest BCUT2D eigenvalue weighted by Gasteiger charge is 2.54. The van der Waals surface area contributed by atoms with E-state index in [9.17, 15) is 25.4 Å². The Morgan fingerprint density at radius 1 is 0.418 bits per heavy atom. The first-order valence-corrected chi connectivity index (χ1v) is 36.8. The first kappa shape index (κ1) is 59.5. The minimum absolute atomic E-state index is 0.0754. The molecule has 0 N–H and O–H groups in total.